The van der Waals surface area contributed by atoms with Crippen molar-refractivity contribution in [3.8, 4) is 0 Å². The molecule has 2 amide bonds. The number of oxime groups is 1. The summed E-state index contributed by atoms with van der Waals surface area (Å²) < 4.78 is 24.2. The zero-order chi connectivity index (χ0) is 25.5. The quantitative estimate of drug-likeness (QED) is 0.0868. The molecule has 1 fully saturated rings. The molecule has 190 valence electrons. The summed E-state index contributed by atoms with van der Waals surface area (Å²) in [6.45, 7) is -0.997. The van der Waals surface area contributed by atoms with Crippen molar-refractivity contribution < 1.29 is 48.1 Å². The van der Waals surface area contributed by atoms with E-state index in [0.29, 0.717) is 11.3 Å². The molecule has 4 N–H and O–H groups in total. The molecule has 0 radical (unpaired) electrons. The second kappa shape index (κ2) is 11.8. The minimum atomic E-state index is -1.25. The standard InChI is InChI=1S/C18H21N5O10S2/c1-29-3-8-5-34-16-12(21-13(25)11(22-28)9-6-35-17(19)20-9)14(26)23(16)15(8)33-18(27)31-4-10(24)32-7-30-2/h6,12,16,28H,3-5,7H2,1-2H3,(H2,19,20)(H,21,25)/b22-11-/t12?,16-/m0/s1. The van der Waals surface area contributed by atoms with Crippen LogP contribution in [0.5, 0.6) is 0 Å². The molecule has 0 aromatic carbocycles. The van der Waals surface area contributed by atoms with Crippen LogP contribution in [0, 0.1) is 0 Å². The number of β-lactam (4-membered cyclic amide) rings is 1. The Bertz CT molecular complexity index is 1060. The highest BCUT2D eigenvalue weighted by molar-refractivity contribution is 8.00. The number of hydrogen-bond donors (Lipinski definition) is 3. The number of nitrogens with zero attached hydrogens (tertiary/aromatic N) is 3. The average Bonchev–Trinajstić information content (AvgIpc) is 3.26. The highest BCUT2D eigenvalue weighted by Crippen LogP contribution is 2.40. The fourth-order valence-corrected chi connectivity index (χ4v) is 4.86. The summed E-state index contributed by atoms with van der Waals surface area (Å²) in [7, 11) is 2.74. The van der Waals surface area contributed by atoms with E-state index in [4.69, 9.17) is 19.9 Å². The molecule has 1 aromatic rings. The maximum atomic E-state index is 12.9. The first-order chi connectivity index (χ1) is 16.8. The minimum absolute atomic E-state index is 0.0468. The minimum Gasteiger partial charge on any atom is -0.436 e. The second-order valence-corrected chi connectivity index (χ2v) is 8.78. The van der Waals surface area contributed by atoms with E-state index in [2.05, 4.69) is 24.9 Å². The predicted octanol–water partition coefficient (Wildman–Crippen LogP) is -0.538. The van der Waals surface area contributed by atoms with Crippen molar-refractivity contribution in [2.75, 3.05) is 45.7 Å². The van der Waals surface area contributed by atoms with Crippen LogP contribution in [-0.4, -0.2) is 96.1 Å². The summed E-state index contributed by atoms with van der Waals surface area (Å²) in [5.74, 6) is -2.12. The van der Waals surface area contributed by atoms with Gasteiger partial charge in [-0.1, -0.05) is 5.16 Å². The molecular formula is C18H21N5O10S2. The topological polar surface area (TPSA) is 201 Å². The Balaban J connectivity index is 1.67. The summed E-state index contributed by atoms with van der Waals surface area (Å²) in [6.07, 6.45) is -1.25. The van der Waals surface area contributed by atoms with Crippen molar-refractivity contribution in [1.82, 2.24) is 15.2 Å². The molecule has 2 aliphatic heterocycles. The lowest BCUT2D eigenvalue weighted by Crippen LogP contribution is -2.70. The number of rotatable bonds is 10. The van der Waals surface area contributed by atoms with Crippen LogP contribution in [0.1, 0.15) is 5.69 Å². The van der Waals surface area contributed by atoms with Crippen LogP contribution >= 0.6 is 23.1 Å². The van der Waals surface area contributed by atoms with Gasteiger partial charge in [0.05, 0.1) is 6.61 Å². The molecule has 1 saturated heterocycles. The lowest BCUT2D eigenvalue weighted by atomic mass is 10.1. The summed E-state index contributed by atoms with van der Waals surface area (Å²) in [5, 5.41) is 15.7. The molecule has 35 heavy (non-hydrogen) atoms. The lowest BCUT2D eigenvalue weighted by molar-refractivity contribution is -0.158. The molecule has 3 rings (SSSR count). The molecule has 3 heterocycles. The van der Waals surface area contributed by atoms with Gasteiger partial charge >= 0.3 is 12.1 Å². The Labute approximate surface area is 206 Å². The number of hydrogen-bond acceptors (Lipinski definition) is 15. The van der Waals surface area contributed by atoms with Gasteiger partial charge in [-0.25, -0.2) is 14.6 Å². The van der Waals surface area contributed by atoms with Crippen LogP contribution in [0.25, 0.3) is 0 Å². The fourth-order valence-electron chi connectivity index (χ4n) is 3.01. The third-order valence-corrected chi connectivity index (χ3v) is 6.52. The first-order valence-electron chi connectivity index (χ1n) is 9.69. The van der Waals surface area contributed by atoms with Gasteiger partial charge in [-0.15, -0.1) is 23.1 Å². The van der Waals surface area contributed by atoms with Crippen LogP contribution in [0.3, 0.4) is 0 Å². The van der Waals surface area contributed by atoms with E-state index >= 15 is 0 Å². The smallest absolute Gasteiger partial charge is 0.436 e. The average molecular weight is 532 g/mol. The number of ether oxygens (including phenoxy) is 5. The van der Waals surface area contributed by atoms with E-state index in [1.807, 2.05) is 0 Å². The summed E-state index contributed by atoms with van der Waals surface area (Å²) in [6, 6.07) is -1.01. The Morgan fingerprint density at radius 3 is 2.71 bits per heavy atom. The van der Waals surface area contributed by atoms with Crippen molar-refractivity contribution in [1.29, 1.82) is 0 Å². The Hall–Kier alpha value is -3.41. The maximum absolute atomic E-state index is 12.9. The highest BCUT2D eigenvalue weighted by atomic mass is 32.2. The van der Waals surface area contributed by atoms with Crippen molar-refractivity contribution in [3.05, 3.63) is 22.5 Å². The van der Waals surface area contributed by atoms with Crippen LogP contribution in [0.2, 0.25) is 0 Å². The lowest BCUT2D eigenvalue weighted by Gasteiger charge is -2.49. The number of aromatic nitrogens is 1. The van der Waals surface area contributed by atoms with Crippen molar-refractivity contribution >= 4 is 57.9 Å². The van der Waals surface area contributed by atoms with Gasteiger partial charge in [-0.05, 0) is 0 Å². The zero-order valence-electron chi connectivity index (χ0n) is 18.4. The van der Waals surface area contributed by atoms with Crippen LogP contribution in [0.15, 0.2) is 22.0 Å². The van der Waals surface area contributed by atoms with Crippen LogP contribution in [0.4, 0.5) is 9.93 Å². The first kappa shape index (κ1) is 26.2. The van der Waals surface area contributed by atoms with Crippen LogP contribution < -0.4 is 11.1 Å². The predicted molar refractivity (Wildman–Crippen MR) is 119 cm³/mol. The Kier molecular flexibility index (Phi) is 8.85. The van der Waals surface area contributed by atoms with Crippen molar-refractivity contribution in [3.63, 3.8) is 0 Å². The number of esters is 1. The zero-order valence-corrected chi connectivity index (χ0v) is 20.1. The molecule has 17 heteroatoms. The number of amides is 2. The third kappa shape index (κ3) is 5.99. The fraction of sp³-hybridized carbons (Fsp3) is 0.444. The summed E-state index contributed by atoms with van der Waals surface area (Å²) in [4.78, 5) is 54.1. The van der Waals surface area contributed by atoms with Gasteiger partial charge in [-0.2, -0.15) is 0 Å². The molecule has 1 aromatic heterocycles. The van der Waals surface area contributed by atoms with Gasteiger partial charge in [0.15, 0.2) is 24.2 Å². The van der Waals surface area contributed by atoms with E-state index in [1.165, 1.54) is 31.4 Å². The van der Waals surface area contributed by atoms with Crippen molar-refractivity contribution in [2.24, 2.45) is 5.16 Å². The molecule has 1 unspecified atom stereocenters. The van der Waals surface area contributed by atoms with E-state index in [9.17, 15) is 24.4 Å². The van der Waals surface area contributed by atoms with Crippen LogP contribution in [-0.2, 0) is 38.1 Å². The van der Waals surface area contributed by atoms with Gasteiger partial charge in [0.2, 0.25) is 5.88 Å². The van der Waals surface area contributed by atoms with Gasteiger partial charge in [-0.3, -0.25) is 14.5 Å². The Morgan fingerprint density at radius 2 is 2.09 bits per heavy atom. The molecular weight excluding hydrogens is 510 g/mol. The molecule has 2 atom stereocenters. The maximum Gasteiger partial charge on any atom is 0.515 e. The highest BCUT2D eigenvalue weighted by Gasteiger charge is 2.54. The third-order valence-electron chi connectivity index (χ3n) is 4.50. The number of fused-ring (bicyclic) bond motifs is 1. The number of nitrogens with one attached hydrogen (secondary N) is 1. The van der Waals surface area contributed by atoms with E-state index in [0.717, 1.165) is 16.2 Å². The molecule has 0 bridgehead atoms. The number of methoxy groups -OCH3 is 2. The number of anilines is 1. The number of thiazole rings is 1. The second-order valence-electron chi connectivity index (χ2n) is 6.79. The van der Waals surface area contributed by atoms with Gasteiger partial charge < -0.3 is 39.9 Å². The number of nitrogen functional groups attached to an aromatic ring is 1. The van der Waals surface area contributed by atoms with E-state index in [-0.39, 0.29) is 30.1 Å². The number of thioether (sulfide) groups is 1. The van der Waals surface area contributed by atoms with E-state index in [1.54, 1.807) is 0 Å². The molecule has 0 aliphatic carbocycles. The van der Waals surface area contributed by atoms with Gasteiger partial charge in [0.25, 0.3) is 11.8 Å². The first-order valence-corrected chi connectivity index (χ1v) is 11.6. The van der Waals surface area contributed by atoms with Crippen molar-refractivity contribution in [2.45, 2.75) is 11.4 Å². The van der Waals surface area contributed by atoms with Gasteiger partial charge in [0, 0.05) is 30.9 Å². The SMILES string of the molecule is COCOC(=O)COC(=O)OC1=C(COC)CS[C@H]2C(NC(=O)/C(=N\O)c3csc(N)n3)C(=O)N12. The molecule has 0 saturated carbocycles. The summed E-state index contributed by atoms with van der Waals surface area (Å²) in [5.41, 5.74) is 5.65. The number of carbonyl (C=O) groups excluding carboxylic acids is 4. The number of nitrogens with two attached hydrogens (primary N) is 1. The number of carbonyl (C=O) groups is 4. The molecule has 15 nitrogen and oxygen atoms in total. The van der Waals surface area contributed by atoms with Gasteiger partial charge in [0.1, 0.15) is 17.1 Å². The monoisotopic (exact) mass is 531 g/mol. The largest absolute Gasteiger partial charge is 0.515 e. The Morgan fingerprint density at radius 1 is 1.31 bits per heavy atom. The molecule has 2 aliphatic rings. The normalized spacial score (nSPS) is 19.5. The molecule has 0 spiro atoms. The van der Waals surface area contributed by atoms with E-state index < -0.39 is 47.7 Å². The summed E-state index contributed by atoms with van der Waals surface area (Å²) >= 11 is 2.33.